The lowest BCUT2D eigenvalue weighted by atomic mass is 10.0. The molecule has 3 heterocycles. The molecule has 1 atom stereocenters. The maximum Gasteiger partial charge on any atom is 0.228 e. The molecule has 3 aromatic rings. The highest BCUT2D eigenvalue weighted by Gasteiger charge is 2.31. The fourth-order valence-electron chi connectivity index (χ4n) is 4.21. The van der Waals surface area contributed by atoms with E-state index >= 15 is 0 Å². The number of methoxy groups -OCH3 is 1. The molecule has 0 radical (unpaired) electrons. The number of rotatable bonds is 6. The summed E-state index contributed by atoms with van der Waals surface area (Å²) < 4.78 is 5.39. The molecule has 0 spiro atoms. The Morgan fingerprint density at radius 3 is 2.56 bits per heavy atom. The van der Waals surface area contributed by atoms with Gasteiger partial charge in [-0.2, -0.15) is 0 Å². The number of aromatic nitrogens is 2. The van der Waals surface area contributed by atoms with Crippen LogP contribution in [0.5, 0.6) is 0 Å². The molecule has 34 heavy (non-hydrogen) atoms. The minimum Gasteiger partial charge on any atom is -0.379 e. The van der Waals surface area contributed by atoms with Gasteiger partial charge >= 0.3 is 0 Å². The first-order chi connectivity index (χ1) is 16.6. The Labute approximate surface area is 199 Å². The number of anilines is 2. The molecule has 1 saturated heterocycles. The van der Waals surface area contributed by atoms with Gasteiger partial charge in [0, 0.05) is 67.9 Å². The van der Waals surface area contributed by atoms with E-state index in [1.807, 2.05) is 13.1 Å². The van der Waals surface area contributed by atoms with Gasteiger partial charge in [-0.05, 0) is 43.5 Å². The number of ether oxygens (including phenoxy) is 1. The molecule has 5 rings (SSSR count). The van der Waals surface area contributed by atoms with E-state index < -0.39 is 0 Å². The van der Waals surface area contributed by atoms with E-state index in [0.29, 0.717) is 18.0 Å². The van der Waals surface area contributed by atoms with Gasteiger partial charge < -0.3 is 15.4 Å². The Morgan fingerprint density at radius 1 is 1.12 bits per heavy atom. The van der Waals surface area contributed by atoms with Crippen molar-refractivity contribution < 1.29 is 9.53 Å². The summed E-state index contributed by atoms with van der Waals surface area (Å²) >= 11 is 0. The lowest BCUT2D eigenvalue weighted by Crippen LogP contribution is -2.52. The Morgan fingerprint density at radius 2 is 1.88 bits per heavy atom. The predicted octanol–water partition coefficient (Wildman–Crippen LogP) is 3.81. The second kappa shape index (κ2) is 9.41. The average molecular weight is 456 g/mol. The number of benzene rings is 1. The number of hydrogen-bond donors (Lipinski definition) is 2. The van der Waals surface area contributed by atoms with E-state index in [9.17, 15) is 4.79 Å². The Kier molecular flexibility index (Phi) is 6.18. The SMILES string of the molecule is CNc1ncc(C#Cc2ccc([C@H](C)N3CC(OC)C3)cc2)c2cc(NC(=O)C3CC3)ncc12. The molecule has 1 aliphatic heterocycles. The van der Waals surface area contributed by atoms with Crippen molar-refractivity contribution in [1.29, 1.82) is 0 Å². The molecule has 2 N–H and O–H groups in total. The van der Waals surface area contributed by atoms with Gasteiger partial charge in [0.15, 0.2) is 0 Å². The summed E-state index contributed by atoms with van der Waals surface area (Å²) in [5.74, 6) is 7.96. The first-order valence-electron chi connectivity index (χ1n) is 11.7. The zero-order valence-corrected chi connectivity index (χ0v) is 19.8. The van der Waals surface area contributed by atoms with Crippen LogP contribution in [0.15, 0.2) is 42.7 Å². The zero-order chi connectivity index (χ0) is 23.7. The summed E-state index contributed by atoms with van der Waals surface area (Å²) in [6, 6.07) is 10.6. The third-order valence-corrected chi connectivity index (χ3v) is 6.70. The largest absolute Gasteiger partial charge is 0.379 e. The normalized spacial score (nSPS) is 16.9. The van der Waals surface area contributed by atoms with Crippen LogP contribution in [0, 0.1) is 17.8 Å². The zero-order valence-electron chi connectivity index (χ0n) is 19.8. The van der Waals surface area contributed by atoms with Gasteiger partial charge in [0.25, 0.3) is 0 Å². The molecule has 2 aromatic heterocycles. The summed E-state index contributed by atoms with van der Waals surface area (Å²) in [5.41, 5.74) is 3.01. The third kappa shape index (κ3) is 4.60. The van der Waals surface area contributed by atoms with Crippen molar-refractivity contribution in [3.8, 4) is 11.8 Å². The van der Waals surface area contributed by atoms with Crippen molar-refractivity contribution in [2.24, 2.45) is 5.92 Å². The van der Waals surface area contributed by atoms with E-state index in [0.717, 1.165) is 53.6 Å². The molecule has 7 nitrogen and oxygen atoms in total. The van der Waals surface area contributed by atoms with Crippen molar-refractivity contribution in [2.75, 3.05) is 37.9 Å². The Balaban J connectivity index is 1.38. The number of nitrogens with one attached hydrogen (secondary N) is 2. The molecule has 1 saturated carbocycles. The van der Waals surface area contributed by atoms with Crippen LogP contribution in [-0.4, -0.2) is 54.1 Å². The highest BCUT2D eigenvalue weighted by Crippen LogP contribution is 2.31. The van der Waals surface area contributed by atoms with Crippen LogP contribution in [0.2, 0.25) is 0 Å². The quantitative estimate of drug-likeness (QED) is 0.551. The van der Waals surface area contributed by atoms with Crippen molar-refractivity contribution in [2.45, 2.75) is 31.9 Å². The van der Waals surface area contributed by atoms with E-state index in [-0.39, 0.29) is 11.8 Å². The van der Waals surface area contributed by atoms with Gasteiger partial charge in [0.05, 0.1) is 11.7 Å². The van der Waals surface area contributed by atoms with Crippen molar-refractivity contribution in [3.05, 3.63) is 59.4 Å². The molecule has 1 aliphatic carbocycles. The van der Waals surface area contributed by atoms with Crippen LogP contribution in [0.3, 0.4) is 0 Å². The molecular weight excluding hydrogens is 426 g/mol. The molecule has 1 amide bonds. The fraction of sp³-hybridized carbons (Fsp3) is 0.370. The van der Waals surface area contributed by atoms with E-state index in [1.54, 1.807) is 19.5 Å². The van der Waals surface area contributed by atoms with Gasteiger partial charge in [0.2, 0.25) is 5.91 Å². The van der Waals surface area contributed by atoms with Crippen molar-refractivity contribution in [1.82, 2.24) is 14.9 Å². The standard InChI is InChI=1S/C27H29N5O2/c1-17(32-15-22(16-32)34-3)19-7-4-18(5-8-19)6-9-21-13-30-26(28-2)24-14-29-25(12-23(21)24)31-27(33)20-10-11-20/h4-5,7-8,12-14,17,20,22H,10-11,15-16H2,1-3H3,(H,28,30)(H,29,31,33)/t17-/m0/s1. The first-order valence-corrected chi connectivity index (χ1v) is 11.7. The lowest BCUT2D eigenvalue weighted by molar-refractivity contribution is -0.117. The number of carbonyl (C=O) groups is 1. The van der Waals surface area contributed by atoms with Crippen LogP contribution in [0.25, 0.3) is 10.8 Å². The summed E-state index contributed by atoms with van der Waals surface area (Å²) in [5, 5.41) is 7.80. The maximum absolute atomic E-state index is 12.2. The lowest BCUT2D eigenvalue weighted by Gasteiger charge is -2.42. The molecule has 2 fully saturated rings. The highest BCUT2D eigenvalue weighted by atomic mass is 16.5. The predicted molar refractivity (Wildman–Crippen MR) is 134 cm³/mol. The average Bonchev–Trinajstić information content (AvgIpc) is 3.68. The molecule has 7 heteroatoms. The van der Waals surface area contributed by atoms with Crippen LogP contribution in [0.4, 0.5) is 11.6 Å². The molecule has 2 aliphatic rings. The maximum atomic E-state index is 12.2. The molecular formula is C27H29N5O2. The molecule has 0 bridgehead atoms. The first kappa shape index (κ1) is 22.3. The van der Waals surface area contributed by atoms with E-state index in [4.69, 9.17) is 4.74 Å². The van der Waals surface area contributed by atoms with Crippen LogP contribution in [-0.2, 0) is 9.53 Å². The van der Waals surface area contributed by atoms with E-state index in [1.165, 1.54) is 5.56 Å². The fourth-order valence-corrected chi connectivity index (χ4v) is 4.21. The minimum absolute atomic E-state index is 0.0349. The number of likely N-dealkylation sites (tertiary alicyclic amines) is 1. The summed E-state index contributed by atoms with van der Waals surface area (Å²) in [4.78, 5) is 23.5. The van der Waals surface area contributed by atoms with Gasteiger partial charge in [-0.25, -0.2) is 9.97 Å². The number of hydrogen-bond acceptors (Lipinski definition) is 6. The van der Waals surface area contributed by atoms with Gasteiger partial charge in [-0.15, -0.1) is 0 Å². The number of fused-ring (bicyclic) bond motifs is 1. The summed E-state index contributed by atoms with van der Waals surface area (Å²) in [6.07, 6.45) is 5.76. The Bertz CT molecular complexity index is 1270. The highest BCUT2D eigenvalue weighted by molar-refractivity contribution is 5.99. The van der Waals surface area contributed by atoms with Crippen LogP contribution < -0.4 is 10.6 Å². The molecule has 1 aromatic carbocycles. The van der Waals surface area contributed by atoms with Crippen molar-refractivity contribution >= 4 is 28.3 Å². The summed E-state index contributed by atoms with van der Waals surface area (Å²) in [7, 11) is 3.60. The Hall–Kier alpha value is -3.47. The topological polar surface area (TPSA) is 79.4 Å². The van der Waals surface area contributed by atoms with Gasteiger partial charge in [-0.3, -0.25) is 9.69 Å². The molecule has 0 unspecified atom stereocenters. The van der Waals surface area contributed by atoms with Crippen LogP contribution in [0.1, 0.15) is 42.5 Å². The number of amides is 1. The third-order valence-electron chi connectivity index (χ3n) is 6.70. The second-order valence-corrected chi connectivity index (χ2v) is 9.01. The van der Waals surface area contributed by atoms with E-state index in [2.05, 4.69) is 68.5 Å². The smallest absolute Gasteiger partial charge is 0.228 e. The second-order valence-electron chi connectivity index (χ2n) is 9.01. The van der Waals surface area contributed by atoms with Gasteiger partial charge in [0.1, 0.15) is 11.6 Å². The van der Waals surface area contributed by atoms with Gasteiger partial charge in [-0.1, -0.05) is 24.0 Å². The monoisotopic (exact) mass is 455 g/mol. The molecule has 174 valence electrons. The van der Waals surface area contributed by atoms with Crippen molar-refractivity contribution in [3.63, 3.8) is 0 Å². The number of pyridine rings is 2. The number of nitrogens with zero attached hydrogens (tertiary/aromatic N) is 3. The van der Waals surface area contributed by atoms with Crippen LogP contribution >= 0.6 is 0 Å². The minimum atomic E-state index is 0.0349. The summed E-state index contributed by atoms with van der Waals surface area (Å²) in [6.45, 7) is 4.17. The number of carbonyl (C=O) groups excluding carboxylic acids is 1.